The van der Waals surface area contributed by atoms with Crippen LogP contribution in [0.15, 0.2) is 24.7 Å². The Morgan fingerprint density at radius 1 is 1.20 bits per heavy atom. The van der Waals surface area contributed by atoms with Gasteiger partial charge in [0.25, 0.3) is 0 Å². The monoisotopic (exact) mass is 495 g/mol. The second-order valence-corrected chi connectivity index (χ2v) is 10.1. The van der Waals surface area contributed by atoms with E-state index in [2.05, 4.69) is 25.6 Å². The molecule has 0 aromatic carbocycles. The Morgan fingerprint density at radius 3 is 2.60 bits per heavy atom. The van der Waals surface area contributed by atoms with Gasteiger partial charge in [-0.3, -0.25) is 14.8 Å². The number of pyridine rings is 1. The van der Waals surface area contributed by atoms with Gasteiger partial charge < -0.3 is 15.3 Å². The second kappa shape index (κ2) is 7.64. The van der Waals surface area contributed by atoms with Crippen LogP contribution in [-0.2, 0) is 6.54 Å². The number of urea groups is 1. The third-order valence-electron chi connectivity index (χ3n) is 6.73. The molecule has 2 aliphatic rings. The molecule has 188 valence electrons. The molecule has 0 unspecified atom stereocenters. The third kappa shape index (κ3) is 4.21. The fourth-order valence-corrected chi connectivity index (χ4v) is 4.76. The summed E-state index contributed by atoms with van der Waals surface area (Å²) in [5.41, 5.74) is -3.54. The SMILES string of the molecule is CC(C)(F)Cn1ncc2cnc(-c3[nH]ncc3NC(=O)N3CC[C@](O)(C(F)(F)F)CC34CC4)cc21. The normalized spacial score (nSPS) is 22.1. The minimum absolute atomic E-state index is 0.0356. The number of halogens is 4. The Hall–Kier alpha value is -3.22. The van der Waals surface area contributed by atoms with Crippen LogP contribution in [-0.4, -0.2) is 70.5 Å². The first-order chi connectivity index (χ1) is 16.3. The molecule has 3 N–H and O–H groups in total. The highest BCUT2D eigenvalue weighted by Gasteiger charge is 2.65. The van der Waals surface area contributed by atoms with Crippen molar-refractivity contribution in [1.82, 2.24) is 29.9 Å². The van der Waals surface area contributed by atoms with Crippen LogP contribution >= 0.6 is 0 Å². The van der Waals surface area contributed by atoms with Crippen LogP contribution in [0.25, 0.3) is 22.3 Å². The standard InChI is InChI=1S/C22H25F4N7O2/c1-19(2,23)12-33-16-7-14(27-8-13(16)9-29-33)17-15(10-28-31-17)30-18(34)32-6-5-21(35,22(24,25)26)11-20(32)3-4-20/h7-10,35H,3-6,11-12H2,1-2H3,(H,28,31)(H,30,34)/t21-/m1/s1. The van der Waals surface area contributed by atoms with Gasteiger partial charge in [-0.05, 0) is 32.8 Å². The minimum Gasteiger partial charge on any atom is -0.380 e. The Kier molecular flexibility index (Phi) is 5.13. The molecule has 1 aliphatic heterocycles. The van der Waals surface area contributed by atoms with Crippen LogP contribution in [0.4, 0.5) is 28.0 Å². The highest BCUT2D eigenvalue weighted by Crippen LogP contribution is 2.55. The molecular formula is C22H25F4N7O2. The van der Waals surface area contributed by atoms with E-state index >= 15 is 0 Å². The number of nitrogens with zero attached hydrogens (tertiary/aromatic N) is 5. The topological polar surface area (TPSA) is 112 Å². The predicted molar refractivity (Wildman–Crippen MR) is 118 cm³/mol. The molecule has 35 heavy (non-hydrogen) atoms. The molecule has 1 spiro atoms. The van der Waals surface area contributed by atoms with Gasteiger partial charge in [0.1, 0.15) is 11.4 Å². The quantitative estimate of drug-likeness (QED) is 0.474. The average molecular weight is 495 g/mol. The van der Waals surface area contributed by atoms with Gasteiger partial charge in [-0.15, -0.1) is 0 Å². The van der Waals surface area contributed by atoms with Gasteiger partial charge in [-0.25, -0.2) is 9.18 Å². The van der Waals surface area contributed by atoms with Crippen molar-refractivity contribution in [2.24, 2.45) is 0 Å². The summed E-state index contributed by atoms with van der Waals surface area (Å²) in [5.74, 6) is 0. The summed E-state index contributed by atoms with van der Waals surface area (Å²) in [6, 6.07) is 1.13. The van der Waals surface area contributed by atoms with Crippen LogP contribution in [0.5, 0.6) is 0 Å². The first-order valence-electron chi connectivity index (χ1n) is 11.2. The number of H-pyrrole nitrogens is 1. The van der Waals surface area contributed by atoms with Crippen molar-refractivity contribution in [2.75, 3.05) is 11.9 Å². The molecule has 1 atom stereocenters. The van der Waals surface area contributed by atoms with Crippen LogP contribution in [0.2, 0.25) is 0 Å². The van der Waals surface area contributed by atoms with Crippen molar-refractivity contribution < 1.29 is 27.5 Å². The predicted octanol–water partition coefficient (Wildman–Crippen LogP) is 4.02. The molecule has 5 rings (SSSR count). The average Bonchev–Trinajstić information content (AvgIpc) is 3.16. The van der Waals surface area contributed by atoms with E-state index in [0.29, 0.717) is 40.8 Å². The number of fused-ring (bicyclic) bond motifs is 1. The molecule has 13 heteroatoms. The van der Waals surface area contributed by atoms with E-state index in [1.807, 2.05) is 0 Å². The number of likely N-dealkylation sites (tertiary alicyclic amines) is 1. The molecule has 4 heterocycles. The Balaban J connectivity index is 1.37. The highest BCUT2D eigenvalue weighted by atomic mass is 19.4. The number of carbonyl (C=O) groups excluding carboxylic acids is 1. The fourth-order valence-electron chi connectivity index (χ4n) is 4.76. The number of alkyl halides is 4. The van der Waals surface area contributed by atoms with E-state index in [0.717, 1.165) is 0 Å². The molecule has 0 bridgehead atoms. The number of rotatable bonds is 4. The summed E-state index contributed by atoms with van der Waals surface area (Å²) in [5, 5.41) is 24.6. The number of amides is 2. The van der Waals surface area contributed by atoms with E-state index in [-0.39, 0.29) is 13.1 Å². The maximum absolute atomic E-state index is 14.2. The summed E-state index contributed by atoms with van der Waals surface area (Å²) >= 11 is 0. The van der Waals surface area contributed by atoms with Crippen molar-refractivity contribution in [2.45, 2.75) is 69.1 Å². The first kappa shape index (κ1) is 23.5. The van der Waals surface area contributed by atoms with Gasteiger partial charge in [0.05, 0.1) is 35.8 Å². The second-order valence-electron chi connectivity index (χ2n) is 10.1. The summed E-state index contributed by atoms with van der Waals surface area (Å²) in [6.07, 6.45) is -0.545. The van der Waals surface area contributed by atoms with E-state index < -0.39 is 41.9 Å². The van der Waals surface area contributed by atoms with Crippen LogP contribution in [0.3, 0.4) is 0 Å². The smallest absolute Gasteiger partial charge is 0.380 e. The number of hydrogen-bond donors (Lipinski definition) is 3. The summed E-state index contributed by atoms with van der Waals surface area (Å²) < 4.78 is 55.8. The molecule has 1 saturated carbocycles. The van der Waals surface area contributed by atoms with Gasteiger partial charge in [0, 0.05) is 36.5 Å². The number of anilines is 1. The van der Waals surface area contributed by atoms with Gasteiger partial charge in [-0.1, -0.05) is 0 Å². The van der Waals surface area contributed by atoms with E-state index in [1.54, 1.807) is 18.5 Å². The van der Waals surface area contributed by atoms with E-state index in [1.165, 1.54) is 29.6 Å². The molecule has 1 aliphatic carbocycles. The summed E-state index contributed by atoms with van der Waals surface area (Å²) in [4.78, 5) is 18.8. The maximum Gasteiger partial charge on any atom is 0.417 e. The molecule has 0 radical (unpaired) electrons. The zero-order valence-electron chi connectivity index (χ0n) is 19.2. The van der Waals surface area contributed by atoms with Crippen molar-refractivity contribution in [1.29, 1.82) is 0 Å². The van der Waals surface area contributed by atoms with Crippen LogP contribution in [0, 0.1) is 0 Å². The van der Waals surface area contributed by atoms with Gasteiger partial charge in [0.15, 0.2) is 5.60 Å². The van der Waals surface area contributed by atoms with Gasteiger partial charge >= 0.3 is 12.2 Å². The lowest BCUT2D eigenvalue weighted by Crippen LogP contribution is -2.60. The zero-order chi connectivity index (χ0) is 25.2. The number of nitrogens with one attached hydrogen (secondary N) is 2. The van der Waals surface area contributed by atoms with Crippen molar-refractivity contribution in [3.63, 3.8) is 0 Å². The zero-order valence-corrected chi connectivity index (χ0v) is 19.2. The number of aromatic nitrogens is 5. The Labute approximate surface area is 197 Å². The molecule has 2 amide bonds. The molecule has 9 nitrogen and oxygen atoms in total. The lowest BCUT2D eigenvalue weighted by molar-refractivity contribution is -0.277. The highest BCUT2D eigenvalue weighted by molar-refractivity contribution is 5.94. The fraction of sp³-hybridized carbons (Fsp3) is 0.545. The summed E-state index contributed by atoms with van der Waals surface area (Å²) in [7, 11) is 0. The maximum atomic E-state index is 14.2. The number of carbonyl (C=O) groups is 1. The molecular weight excluding hydrogens is 470 g/mol. The Morgan fingerprint density at radius 2 is 1.94 bits per heavy atom. The third-order valence-corrected chi connectivity index (χ3v) is 6.73. The Bertz CT molecular complexity index is 1270. The first-order valence-corrected chi connectivity index (χ1v) is 11.2. The molecule has 2 fully saturated rings. The molecule has 3 aromatic rings. The molecule has 1 saturated heterocycles. The van der Waals surface area contributed by atoms with Gasteiger partial charge in [-0.2, -0.15) is 23.4 Å². The summed E-state index contributed by atoms with van der Waals surface area (Å²) in [6.45, 7) is 2.72. The lowest BCUT2D eigenvalue weighted by atomic mass is 9.84. The molecule has 3 aromatic heterocycles. The number of aliphatic hydroxyl groups is 1. The van der Waals surface area contributed by atoms with Crippen molar-refractivity contribution >= 4 is 22.6 Å². The largest absolute Gasteiger partial charge is 0.417 e. The van der Waals surface area contributed by atoms with E-state index in [9.17, 15) is 27.5 Å². The van der Waals surface area contributed by atoms with Crippen LogP contribution in [0.1, 0.15) is 39.5 Å². The number of hydrogen-bond acceptors (Lipinski definition) is 5. The van der Waals surface area contributed by atoms with Crippen molar-refractivity contribution in [3.05, 3.63) is 24.7 Å². The van der Waals surface area contributed by atoms with E-state index in [4.69, 9.17) is 0 Å². The number of piperidine rings is 1. The van der Waals surface area contributed by atoms with Crippen molar-refractivity contribution in [3.8, 4) is 11.4 Å². The van der Waals surface area contributed by atoms with Crippen LogP contribution < -0.4 is 5.32 Å². The number of aromatic amines is 1. The minimum atomic E-state index is -4.75. The lowest BCUT2D eigenvalue weighted by Gasteiger charge is -2.45. The van der Waals surface area contributed by atoms with Gasteiger partial charge in [0.2, 0.25) is 0 Å².